The Morgan fingerprint density at radius 1 is 0.746 bits per heavy atom. The minimum Gasteiger partial charge on any atom is -0.444 e. The topological polar surface area (TPSA) is 229 Å². The third-order valence-corrected chi connectivity index (χ3v) is 11.9. The number of carbonyl (C=O) groups is 6. The number of thioether (sulfide) groups is 2. The number of aromatic nitrogens is 2. The van der Waals surface area contributed by atoms with Gasteiger partial charge in [0.2, 0.25) is 5.91 Å². The minimum absolute atomic E-state index is 0.00982. The van der Waals surface area contributed by atoms with Gasteiger partial charge in [-0.05, 0) is 50.6 Å². The zero-order valence-corrected chi connectivity index (χ0v) is 38.0. The zero-order chi connectivity index (χ0) is 45.8. The Hall–Kier alpha value is -5.62. The first-order valence-electron chi connectivity index (χ1n) is 19.5. The molecule has 4 heterocycles. The molecule has 19 nitrogen and oxygen atoms in total. The lowest BCUT2D eigenvalue weighted by atomic mass is 10.2. The molecule has 0 spiro atoms. The number of carbonyl (C=O) groups excluding carboxylic acids is 6. The fourth-order valence-corrected chi connectivity index (χ4v) is 8.31. The highest BCUT2D eigenvalue weighted by Gasteiger charge is 2.31. The number of alkyl carbamates (subject to hydrolysis) is 1. The third-order valence-electron chi connectivity index (χ3n) is 9.04. The predicted molar refractivity (Wildman–Crippen MR) is 243 cm³/mol. The van der Waals surface area contributed by atoms with Gasteiger partial charge < -0.3 is 40.1 Å². The highest BCUT2D eigenvalue weighted by atomic mass is 32.2. The second kappa shape index (κ2) is 22.1. The van der Waals surface area contributed by atoms with Crippen molar-refractivity contribution in [1.29, 1.82) is 0 Å². The fraction of sp³-hybridized carbons (Fsp3) is 0.400. The van der Waals surface area contributed by atoms with Gasteiger partial charge in [-0.15, -0.1) is 4.73 Å². The second-order valence-electron chi connectivity index (χ2n) is 14.7. The standard InChI is InChI=1S/C40H46N8O11S4/c1-40(2,3)59-37(56)42-15-19-57-18-14-41-30(49)27(22-43-31(50)28-12-10-25(33(52)45(28)4)34(53)46-16-20-62-38(46)60)44-32(51)29-13-11-26(35(54)47-17-21-63-39(47)61)36(55)48(29)58-23-24-8-6-5-7-9-24/h5-13,27H,14-23H2,1-4H3,(H,41,49)(H,42,56)(H,43,50)(H,44,51). The highest BCUT2D eigenvalue weighted by Crippen LogP contribution is 2.21. The maximum Gasteiger partial charge on any atom is 0.407 e. The number of thiocarbonyl (C=S) groups is 2. The van der Waals surface area contributed by atoms with Crippen LogP contribution in [-0.4, -0.2) is 132 Å². The Balaban J connectivity index is 1.34. The molecule has 2 aliphatic rings. The summed E-state index contributed by atoms with van der Waals surface area (Å²) in [7, 11) is 1.30. The van der Waals surface area contributed by atoms with E-state index in [-0.39, 0.29) is 62.0 Å². The molecule has 0 aliphatic carbocycles. The van der Waals surface area contributed by atoms with E-state index in [1.807, 2.05) is 0 Å². The Kier molecular flexibility index (Phi) is 17.0. The first-order chi connectivity index (χ1) is 30.0. The monoisotopic (exact) mass is 942 g/mol. The van der Waals surface area contributed by atoms with Gasteiger partial charge in [0, 0.05) is 51.3 Å². The number of ether oxygens (including phenoxy) is 2. The SMILES string of the molecule is Cn1c(C(=O)NCC(NC(=O)c2ccc(C(=O)N3CCSC3=S)c(=O)n2OCc2ccccc2)C(=O)NCCOCCNC(=O)OC(C)(C)C)ccc(C(=O)N2CCSC2=S)c1=O. The molecule has 63 heavy (non-hydrogen) atoms. The van der Waals surface area contributed by atoms with E-state index >= 15 is 0 Å². The Morgan fingerprint density at radius 2 is 1.32 bits per heavy atom. The smallest absolute Gasteiger partial charge is 0.407 e. The van der Waals surface area contributed by atoms with Gasteiger partial charge in [0.05, 0.1) is 13.2 Å². The van der Waals surface area contributed by atoms with Gasteiger partial charge in [0.15, 0.2) is 0 Å². The highest BCUT2D eigenvalue weighted by molar-refractivity contribution is 8.23. The summed E-state index contributed by atoms with van der Waals surface area (Å²) in [5, 5.41) is 10.3. The van der Waals surface area contributed by atoms with Gasteiger partial charge in [-0.1, -0.05) is 78.3 Å². The van der Waals surface area contributed by atoms with Crippen LogP contribution in [-0.2, 0) is 27.9 Å². The molecule has 4 N–H and O–H groups in total. The van der Waals surface area contributed by atoms with E-state index in [2.05, 4.69) is 21.3 Å². The van der Waals surface area contributed by atoms with Crippen LogP contribution in [0.15, 0.2) is 64.2 Å². The molecule has 2 saturated heterocycles. The molecule has 1 aromatic carbocycles. The van der Waals surface area contributed by atoms with Crippen molar-refractivity contribution < 1.29 is 43.1 Å². The van der Waals surface area contributed by atoms with Gasteiger partial charge >= 0.3 is 6.09 Å². The van der Waals surface area contributed by atoms with Crippen LogP contribution in [0.2, 0.25) is 0 Å². The summed E-state index contributed by atoms with van der Waals surface area (Å²) in [4.78, 5) is 115. The number of hydrogen-bond donors (Lipinski definition) is 4. The summed E-state index contributed by atoms with van der Waals surface area (Å²) in [6.45, 7) is 5.23. The van der Waals surface area contributed by atoms with Crippen LogP contribution in [0.3, 0.4) is 0 Å². The largest absolute Gasteiger partial charge is 0.444 e. The lowest BCUT2D eigenvalue weighted by molar-refractivity contribution is -0.123. The van der Waals surface area contributed by atoms with E-state index in [0.717, 1.165) is 4.57 Å². The van der Waals surface area contributed by atoms with Crippen LogP contribution < -0.4 is 37.2 Å². The Morgan fingerprint density at radius 3 is 1.89 bits per heavy atom. The summed E-state index contributed by atoms with van der Waals surface area (Å²) in [5.41, 5.74) is -2.80. The van der Waals surface area contributed by atoms with Gasteiger partial charge in [-0.25, -0.2) is 4.79 Å². The van der Waals surface area contributed by atoms with Crippen molar-refractivity contribution >= 4 is 92.2 Å². The average Bonchev–Trinajstić information content (AvgIpc) is 3.88. The van der Waals surface area contributed by atoms with Crippen molar-refractivity contribution in [1.82, 2.24) is 40.4 Å². The predicted octanol–water partition coefficient (Wildman–Crippen LogP) is 1.31. The zero-order valence-electron chi connectivity index (χ0n) is 34.8. The summed E-state index contributed by atoms with van der Waals surface area (Å²) < 4.78 is 13.0. The molecule has 2 fully saturated rings. The van der Waals surface area contributed by atoms with E-state index in [1.54, 1.807) is 51.1 Å². The van der Waals surface area contributed by atoms with E-state index in [4.69, 9.17) is 38.7 Å². The van der Waals surface area contributed by atoms with E-state index in [9.17, 15) is 38.4 Å². The maximum absolute atomic E-state index is 14.0. The second-order valence-corrected chi connectivity index (χ2v) is 18.2. The third kappa shape index (κ3) is 13.0. The van der Waals surface area contributed by atoms with Crippen LogP contribution in [0.1, 0.15) is 68.0 Å². The lowest BCUT2D eigenvalue weighted by Gasteiger charge is -2.21. The molecule has 23 heteroatoms. The van der Waals surface area contributed by atoms with E-state index in [0.29, 0.717) is 37.0 Å². The van der Waals surface area contributed by atoms with Crippen molar-refractivity contribution in [3.63, 3.8) is 0 Å². The van der Waals surface area contributed by atoms with Crippen molar-refractivity contribution in [3.8, 4) is 0 Å². The lowest BCUT2D eigenvalue weighted by Crippen LogP contribution is -2.54. The average molecular weight is 943 g/mol. The number of hydrogen-bond acceptors (Lipinski definition) is 15. The van der Waals surface area contributed by atoms with Crippen LogP contribution in [0.25, 0.3) is 0 Å². The molecule has 336 valence electrons. The van der Waals surface area contributed by atoms with Crippen molar-refractivity contribution in [2.24, 2.45) is 7.05 Å². The van der Waals surface area contributed by atoms with Gasteiger partial charge in [0.25, 0.3) is 34.7 Å². The van der Waals surface area contributed by atoms with E-state index in [1.165, 1.54) is 64.6 Å². The molecule has 2 aliphatic heterocycles. The molecule has 6 amide bonds. The van der Waals surface area contributed by atoms with Crippen molar-refractivity contribution in [2.75, 3.05) is 57.4 Å². The van der Waals surface area contributed by atoms with Gasteiger partial charge in [-0.2, -0.15) is 0 Å². The van der Waals surface area contributed by atoms with Crippen LogP contribution in [0.4, 0.5) is 4.79 Å². The van der Waals surface area contributed by atoms with Gasteiger partial charge in [-0.3, -0.25) is 43.4 Å². The molecule has 0 bridgehead atoms. The molecule has 1 unspecified atom stereocenters. The first kappa shape index (κ1) is 48.4. The molecular formula is C40H46N8O11S4. The molecular weight excluding hydrogens is 897 g/mol. The first-order valence-corrected chi connectivity index (χ1v) is 22.3. The van der Waals surface area contributed by atoms with Crippen LogP contribution >= 0.6 is 48.0 Å². The van der Waals surface area contributed by atoms with Gasteiger partial charge in [0.1, 0.15) is 49.4 Å². The summed E-state index contributed by atoms with van der Waals surface area (Å²) in [6, 6.07) is 12.1. The van der Waals surface area contributed by atoms with Crippen molar-refractivity contribution in [3.05, 3.63) is 103 Å². The Bertz CT molecular complexity index is 2390. The number of rotatable bonds is 17. The summed E-state index contributed by atoms with van der Waals surface area (Å²) in [6.07, 6.45) is -0.623. The molecule has 0 saturated carbocycles. The van der Waals surface area contributed by atoms with Crippen molar-refractivity contribution in [2.45, 2.75) is 39.0 Å². The molecule has 2 aromatic heterocycles. The Labute approximate surface area is 380 Å². The number of nitrogens with zero attached hydrogens (tertiary/aromatic N) is 4. The van der Waals surface area contributed by atoms with E-state index < -0.39 is 64.9 Å². The normalized spacial score (nSPS) is 14.2. The molecule has 1 atom stereocenters. The summed E-state index contributed by atoms with van der Waals surface area (Å²) in [5.74, 6) is -2.71. The maximum atomic E-state index is 14.0. The number of pyridine rings is 2. The van der Waals surface area contributed by atoms with Crippen LogP contribution in [0.5, 0.6) is 0 Å². The van der Waals surface area contributed by atoms with Crippen LogP contribution in [0, 0.1) is 0 Å². The summed E-state index contributed by atoms with van der Waals surface area (Å²) >= 11 is 13.1. The number of benzene rings is 1. The molecule has 5 rings (SSSR count). The fourth-order valence-electron chi connectivity index (χ4n) is 5.90. The molecule has 3 aromatic rings. The minimum atomic E-state index is -1.50. The number of amides is 6. The number of nitrogens with one attached hydrogen (secondary N) is 4. The quantitative estimate of drug-likeness (QED) is 0.111. The molecule has 0 radical (unpaired) electrons.